The van der Waals surface area contributed by atoms with Crippen LogP contribution in [0, 0.1) is 11.8 Å². The smallest absolute Gasteiger partial charge is 0.108 e. The van der Waals surface area contributed by atoms with Crippen LogP contribution in [0.4, 0.5) is 0 Å². The highest BCUT2D eigenvalue weighted by molar-refractivity contribution is 5.09. The Morgan fingerprint density at radius 1 is 1.42 bits per heavy atom. The summed E-state index contributed by atoms with van der Waals surface area (Å²) in [5.41, 5.74) is 0.196. The van der Waals surface area contributed by atoms with Gasteiger partial charge in [-0.15, -0.1) is 5.10 Å². The summed E-state index contributed by atoms with van der Waals surface area (Å²) in [4.78, 5) is 0. The fraction of sp³-hybridized carbons (Fsp3) is 0.867. The molecule has 1 heterocycles. The Balaban J connectivity index is 2.15. The van der Waals surface area contributed by atoms with E-state index in [2.05, 4.69) is 31.1 Å². The molecule has 1 aromatic rings. The normalized spacial score (nSPS) is 28.6. The fourth-order valence-electron chi connectivity index (χ4n) is 3.27. The van der Waals surface area contributed by atoms with Crippen molar-refractivity contribution in [3.63, 3.8) is 0 Å². The van der Waals surface area contributed by atoms with Crippen LogP contribution in [0.2, 0.25) is 0 Å². The van der Waals surface area contributed by atoms with Crippen LogP contribution in [0.15, 0.2) is 6.20 Å². The van der Waals surface area contributed by atoms with Gasteiger partial charge in [-0.2, -0.15) is 0 Å². The first-order chi connectivity index (χ1) is 9.07. The highest BCUT2D eigenvalue weighted by Crippen LogP contribution is 2.39. The summed E-state index contributed by atoms with van der Waals surface area (Å²) >= 11 is 0. The van der Waals surface area contributed by atoms with E-state index in [0.29, 0.717) is 5.92 Å². The first-order valence-electron chi connectivity index (χ1n) is 7.68. The minimum absolute atomic E-state index is 0.709. The molecular formula is C15H27N3O. The van der Waals surface area contributed by atoms with Crippen molar-refractivity contribution in [1.82, 2.24) is 15.0 Å². The average molecular weight is 265 g/mol. The molecular weight excluding hydrogens is 238 g/mol. The highest BCUT2D eigenvalue weighted by Gasteiger charge is 2.36. The molecule has 2 unspecified atom stereocenters. The van der Waals surface area contributed by atoms with Crippen molar-refractivity contribution in [2.24, 2.45) is 11.8 Å². The second-order valence-electron chi connectivity index (χ2n) is 6.31. The van der Waals surface area contributed by atoms with Crippen molar-refractivity contribution in [2.75, 3.05) is 0 Å². The van der Waals surface area contributed by atoms with Crippen LogP contribution >= 0.6 is 0 Å². The molecule has 0 saturated heterocycles. The number of aryl methyl sites for hydroxylation is 1. The zero-order chi connectivity index (χ0) is 13.9. The maximum Gasteiger partial charge on any atom is 0.108 e. The van der Waals surface area contributed by atoms with Gasteiger partial charge in [0.2, 0.25) is 0 Å². The van der Waals surface area contributed by atoms with Crippen molar-refractivity contribution in [2.45, 2.75) is 71.4 Å². The van der Waals surface area contributed by atoms with E-state index >= 15 is 0 Å². The molecule has 0 bridgehead atoms. The van der Waals surface area contributed by atoms with Gasteiger partial charge in [0.1, 0.15) is 5.60 Å². The van der Waals surface area contributed by atoms with Crippen molar-refractivity contribution in [3.05, 3.63) is 11.9 Å². The van der Waals surface area contributed by atoms with Gasteiger partial charge in [0.05, 0.1) is 11.9 Å². The van der Waals surface area contributed by atoms with Gasteiger partial charge in [0.25, 0.3) is 0 Å². The Labute approximate surface area is 116 Å². The molecule has 0 aromatic carbocycles. The molecule has 1 saturated carbocycles. The molecule has 1 aliphatic rings. The first-order valence-corrected chi connectivity index (χ1v) is 7.68. The zero-order valence-corrected chi connectivity index (χ0v) is 12.5. The third kappa shape index (κ3) is 3.16. The van der Waals surface area contributed by atoms with Crippen molar-refractivity contribution in [1.29, 1.82) is 0 Å². The molecule has 0 radical (unpaired) electrons. The lowest BCUT2D eigenvalue weighted by molar-refractivity contribution is 0.0102. The maximum atomic E-state index is 11.0. The van der Waals surface area contributed by atoms with Gasteiger partial charge < -0.3 is 5.11 Å². The molecule has 19 heavy (non-hydrogen) atoms. The molecule has 1 aromatic heterocycles. The topological polar surface area (TPSA) is 50.9 Å². The molecule has 4 nitrogen and oxygen atoms in total. The number of hydrogen-bond acceptors (Lipinski definition) is 3. The Morgan fingerprint density at radius 3 is 2.89 bits per heavy atom. The lowest BCUT2D eigenvalue weighted by atomic mass is 9.87. The van der Waals surface area contributed by atoms with Gasteiger partial charge in [-0.1, -0.05) is 32.4 Å². The van der Waals surface area contributed by atoms with Gasteiger partial charge in [-0.05, 0) is 43.9 Å². The predicted octanol–water partition coefficient (Wildman–Crippen LogP) is 3.11. The summed E-state index contributed by atoms with van der Waals surface area (Å²) in [5.74, 6) is 1.45. The van der Waals surface area contributed by atoms with Gasteiger partial charge >= 0.3 is 0 Å². The van der Waals surface area contributed by atoms with E-state index < -0.39 is 5.60 Å². The molecule has 1 N–H and O–H groups in total. The lowest BCUT2D eigenvalue weighted by Crippen LogP contribution is -2.29. The molecule has 4 heteroatoms. The monoisotopic (exact) mass is 265 g/mol. The van der Waals surface area contributed by atoms with Crippen molar-refractivity contribution < 1.29 is 5.11 Å². The summed E-state index contributed by atoms with van der Waals surface area (Å²) in [5, 5.41) is 19.1. The molecule has 0 spiro atoms. The number of rotatable bonds is 4. The number of aromatic nitrogens is 3. The van der Waals surface area contributed by atoms with Crippen LogP contribution in [0.1, 0.15) is 65.0 Å². The van der Waals surface area contributed by atoms with Crippen molar-refractivity contribution >= 4 is 0 Å². The van der Waals surface area contributed by atoms with Crippen LogP contribution in [0.3, 0.4) is 0 Å². The van der Waals surface area contributed by atoms with E-state index in [9.17, 15) is 5.11 Å². The van der Waals surface area contributed by atoms with Crippen LogP contribution in [0.25, 0.3) is 0 Å². The number of hydrogen-bond donors (Lipinski definition) is 1. The standard InChI is InChI=1S/C15H27N3O/c1-4-10-18-14(11-16-17-18)15(19)8-5-6-13(7-9-15)12(2)3/h11-13,19H,4-10H2,1-3H3. The first kappa shape index (κ1) is 14.5. The third-order valence-electron chi connectivity index (χ3n) is 4.57. The summed E-state index contributed by atoms with van der Waals surface area (Å²) in [6.45, 7) is 7.54. The Kier molecular flexibility index (Phi) is 4.61. The van der Waals surface area contributed by atoms with Gasteiger partial charge in [0.15, 0.2) is 0 Å². The largest absolute Gasteiger partial charge is 0.384 e. The SMILES string of the molecule is CCCn1nncc1C1(O)CCCC(C(C)C)CC1. The minimum Gasteiger partial charge on any atom is -0.384 e. The summed E-state index contributed by atoms with van der Waals surface area (Å²) in [7, 11) is 0. The fourth-order valence-corrected chi connectivity index (χ4v) is 3.27. The Bertz CT molecular complexity index is 402. The van der Waals surface area contributed by atoms with E-state index in [1.807, 2.05) is 4.68 Å². The van der Waals surface area contributed by atoms with E-state index in [1.165, 1.54) is 6.42 Å². The summed E-state index contributed by atoms with van der Waals surface area (Å²) in [6, 6.07) is 0. The van der Waals surface area contributed by atoms with Crippen LogP contribution in [-0.2, 0) is 12.1 Å². The van der Waals surface area contributed by atoms with Crippen LogP contribution in [0.5, 0.6) is 0 Å². The predicted molar refractivity (Wildman–Crippen MR) is 75.6 cm³/mol. The average Bonchev–Trinajstić information content (AvgIpc) is 2.73. The molecule has 0 aliphatic heterocycles. The lowest BCUT2D eigenvalue weighted by Gasteiger charge is -2.27. The number of aliphatic hydroxyl groups is 1. The zero-order valence-electron chi connectivity index (χ0n) is 12.5. The Morgan fingerprint density at radius 2 is 2.21 bits per heavy atom. The molecule has 1 aliphatic carbocycles. The maximum absolute atomic E-state index is 11.0. The van der Waals surface area contributed by atoms with Crippen LogP contribution in [-0.4, -0.2) is 20.1 Å². The molecule has 108 valence electrons. The molecule has 2 atom stereocenters. The van der Waals surface area contributed by atoms with E-state index in [4.69, 9.17) is 0 Å². The second kappa shape index (κ2) is 6.04. The van der Waals surface area contributed by atoms with Gasteiger partial charge in [-0.25, -0.2) is 4.68 Å². The molecule has 2 rings (SSSR count). The number of nitrogens with zero attached hydrogens (tertiary/aromatic N) is 3. The summed E-state index contributed by atoms with van der Waals surface area (Å²) in [6.07, 6.45) is 7.88. The molecule has 0 amide bonds. The molecule has 1 fully saturated rings. The van der Waals surface area contributed by atoms with Crippen LogP contribution < -0.4 is 0 Å². The third-order valence-corrected chi connectivity index (χ3v) is 4.57. The Hall–Kier alpha value is -0.900. The highest BCUT2D eigenvalue weighted by atomic mass is 16.3. The van der Waals surface area contributed by atoms with Gasteiger partial charge in [0, 0.05) is 6.54 Å². The van der Waals surface area contributed by atoms with E-state index in [0.717, 1.165) is 50.3 Å². The second-order valence-corrected chi connectivity index (χ2v) is 6.31. The minimum atomic E-state index is -0.720. The van der Waals surface area contributed by atoms with Crippen molar-refractivity contribution in [3.8, 4) is 0 Å². The van der Waals surface area contributed by atoms with E-state index in [-0.39, 0.29) is 0 Å². The quantitative estimate of drug-likeness (QED) is 0.851. The van der Waals surface area contributed by atoms with Gasteiger partial charge in [-0.3, -0.25) is 0 Å². The van der Waals surface area contributed by atoms with E-state index in [1.54, 1.807) is 6.20 Å². The summed E-state index contributed by atoms with van der Waals surface area (Å²) < 4.78 is 1.88.